The molecule has 15 nitrogen and oxygen atoms in total. The maximum absolute atomic E-state index is 13.7. The fourth-order valence-corrected chi connectivity index (χ4v) is 4.58. The number of aromatic amines is 2. The molecule has 0 fully saturated rings. The number of nitrogens with zero attached hydrogens (tertiary/aromatic N) is 1. The summed E-state index contributed by atoms with van der Waals surface area (Å²) in [4.78, 5) is 72.8. The second kappa shape index (κ2) is 16.0. The highest BCUT2D eigenvalue weighted by Gasteiger charge is 2.31. The molecule has 0 aliphatic heterocycles. The molecule has 2 aromatic heterocycles. The number of carbonyl (C=O) groups is 5. The van der Waals surface area contributed by atoms with Gasteiger partial charge < -0.3 is 48.2 Å². The van der Waals surface area contributed by atoms with Crippen LogP contribution in [0.15, 0.2) is 43.0 Å². The molecule has 0 spiro atoms. The van der Waals surface area contributed by atoms with E-state index in [0.29, 0.717) is 25.1 Å². The molecule has 12 N–H and O–H groups in total. The lowest BCUT2D eigenvalue weighted by atomic mass is 10.0. The molecule has 1 aromatic carbocycles. The van der Waals surface area contributed by atoms with Crippen LogP contribution in [0.1, 0.15) is 43.4 Å². The topological polar surface area (TPSA) is 264 Å². The number of aromatic nitrogens is 3. The monoisotopic (exact) mass is 597 g/mol. The Balaban J connectivity index is 1.81. The minimum atomic E-state index is -1.39. The van der Waals surface area contributed by atoms with E-state index in [1.807, 2.05) is 24.3 Å². The van der Waals surface area contributed by atoms with Crippen molar-refractivity contribution in [3.8, 4) is 0 Å². The van der Waals surface area contributed by atoms with E-state index >= 15 is 0 Å². The van der Waals surface area contributed by atoms with Crippen molar-refractivity contribution in [1.82, 2.24) is 30.9 Å². The molecule has 0 saturated carbocycles. The van der Waals surface area contributed by atoms with Crippen LogP contribution in [0.25, 0.3) is 10.9 Å². The minimum Gasteiger partial charge on any atom is -0.480 e. The van der Waals surface area contributed by atoms with E-state index in [2.05, 4.69) is 30.9 Å². The van der Waals surface area contributed by atoms with Crippen molar-refractivity contribution < 1.29 is 29.1 Å². The standard InChI is InChI=1S/C28H39N9O6/c29-10-4-3-7-21(26(40)36-22(28(42)43)8-9-24(31)38)35-27(41)23(11-16-13-33-20-6-2-1-5-18(16)20)37-25(39)19(30)12-17-14-32-15-34-17/h1-2,5-6,13-15,19,21-23,33H,3-4,7-12,29-30H2,(H2,31,38)(H,32,34)(H,35,41)(H,36,40)(H,37,39)(H,42,43). The number of primary amides is 1. The van der Waals surface area contributed by atoms with Gasteiger partial charge in [-0.3, -0.25) is 19.2 Å². The molecule has 43 heavy (non-hydrogen) atoms. The van der Waals surface area contributed by atoms with Gasteiger partial charge in [0.1, 0.15) is 18.1 Å². The van der Waals surface area contributed by atoms with Crippen molar-refractivity contribution >= 4 is 40.5 Å². The average Bonchev–Trinajstić information content (AvgIpc) is 3.64. The van der Waals surface area contributed by atoms with Crippen molar-refractivity contribution in [1.29, 1.82) is 0 Å². The number of unbranched alkanes of at least 4 members (excludes halogenated alkanes) is 1. The highest BCUT2D eigenvalue weighted by molar-refractivity contribution is 5.95. The third-order valence-corrected chi connectivity index (χ3v) is 6.94. The SMILES string of the molecule is NCCCCC(NC(=O)C(Cc1c[nH]c2ccccc12)NC(=O)C(N)Cc1cnc[nH]1)C(=O)NC(CCC(N)=O)C(=O)O. The summed E-state index contributed by atoms with van der Waals surface area (Å²) in [6.07, 6.45) is 5.68. The molecule has 232 valence electrons. The first-order valence-electron chi connectivity index (χ1n) is 14.0. The van der Waals surface area contributed by atoms with Crippen molar-refractivity contribution in [3.05, 3.63) is 54.2 Å². The summed E-state index contributed by atoms with van der Waals surface area (Å²) in [5.74, 6) is -4.07. The third-order valence-electron chi connectivity index (χ3n) is 6.94. The van der Waals surface area contributed by atoms with Gasteiger partial charge in [0.25, 0.3) is 0 Å². The summed E-state index contributed by atoms with van der Waals surface area (Å²) in [7, 11) is 0. The van der Waals surface area contributed by atoms with Gasteiger partial charge in [-0.15, -0.1) is 0 Å². The zero-order chi connectivity index (χ0) is 31.4. The highest BCUT2D eigenvalue weighted by atomic mass is 16.4. The second-order valence-corrected chi connectivity index (χ2v) is 10.3. The summed E-state index contributed by atoms with van der Waals surface area (Å²) in [6.45, 7) is 0.353. The van der Waals surface area contributed by atoms with E-state index in [9.17, 15) is 29.1 Å². The van der Waals surface area contributed by atoms with Crippen LogP contribution in [0.5, 0.6) is 0 Å². The van der Waals surface area contributed by atoms with Gasteiger partial charge in [0.2, 0.25) is 23.6 Å². The fraction of sp³-hybridized carbons (Fsp3) is 0.429. The Labute approximate surface area is 247 Å². The van der Waals surface area contributed by atoms with Crippen LogP contribution in [-0.4, -0.2) is 80.4 Å². The molecule has 4 unspecified atom stereocenters. The van der Waals surface area contributed by atoms with Crippen LogP contribution in [-0.2, 0) is 36.8 Å². The zero-order valence-corrected chi connectivity index (χ0v) is 23.7. The maximum Gasteiger partial charge on any atom is 0.326 e. The molecule has 0 saturated heterocycles. The van der Waals surface area contributed by atoms with Crippen LogP contribution in [0.2, 0.25) is 0 Å². The van der Waals surface area contributed by atoms with Gasteiger partial charge in [0.15, 0.2) is 0 Å². The van der Waals surface area contributed by atoms with Crippen molar-refractivity contribution in [3.63, 3.8) is 0 Å². The van der Waals surface area contributed by atoms with E-state index in [4.69, 9.17) is 17.2 Å². The van der Waals surface area contributed by atoms with E-state index in [1.54, 1.807) is 12.4 Å². The van der Waals surface area contributed by atoms with Gasteiger partial charge in [0, 0.05) is 48.3 Å². The number of carboxylic acid groups (broad SMARTS) is 1. The number of H-pyrrole nitrogens is 2. The summed E-state index contributed by atoms with van der Waals surface area (Å²) in [5.41, 5.74) is 19.1. The van der Waals surface area contributed by atoms with E-state index in [1.165, 1.54) is 6.33 Å². The number of imidazole rings is 1. The molecule has 2 heterocycles. The largest absolute Gasteiger partial charge is 0.480 e. The first-order chi connectivity index (χ1) is 20.6. The number of benzene rings is 1. The summed E-state index contributed by atoms with van der Waals surface area (Å²) >= 11 is 0. The minimum absolute atomic E-state index is 0.0753. The summed E-state index contributed by atoms with van der Waals surface area (Å²) < 4.78 is 0. The quantitative estimate of drug-likeness (QED) is 0.0807. The molecular formula is C28H39N9O6. The van der Waals surface area contributed by atoms with Gasteiger partial charge in [-0.25, -0.2) is 9.78 Å². The van der Waals surface area contributed by atoms with Crippen molar-refractivity contribution in [2.45, 2.75) is 69.1 Å². The summed E-state index contributed by atoms with van der Waals surface area (Å²) in [6, 6.07) is 2.81. The Bertz CT molecular complexity index is 1390. The number of aliphatic carboxylic acids is 1. The highest BCUT2D eigenvalue weighted by Crippen LogP contribution is 2.19. The molecule has 0 aliphatic rings. The average molecular weight is 598 g/mol. The first kappa shape index (κ1) is 32.8. The van der Waals surface area contributed by atoms with Crippen LogP contribution >= 0.6 is 0 Å². The number of amides is 4. The maximum atomic E-state index is 13.7. The van der Waals surface area contributed by atoms with Crippen LogP contribution in [0.3, 0.4) is 0 Å². The van der Waals surface area contributed by atoms with Gasteiger partial charge in [-0.1, -0.05) is 18.2 Å². The Kier molecular flexibility index (Phi) is 12.2. The smallest absolute Gasteiger partial charge is 0.326 e. The number of hydrogen-bond donors (Lipinski definition) is 9. The molecule has 4 atom stereocenters. The number of carbonyl (C=O) groups excluding carboxylic acids is 4. The molecule has 3 rings (SSSR count). The van der Waals surface area contributed by atoms with E-state index in [-0.39, 0.29) is 32.1 Å². The predicted molar refractivity (Wildman–Crippen MR) is 157 cm³/mol. The number of hydrogen-bond acceptors (Lipinski definition) is 8. The van der Waals surface area contributed by atoms with E-state index < -0.39 is 53.8 Å². The number of nitrogens with one attached hydrogen (secondary N) is 5. The van der Waals surface area contributed by atoms with Crippen LogP contribution in [0.4, 0.5) is 0 Å². The number of nitrogens with two attached hydrogens (primary N) is 3. The zero-order valence-electron chi connectivity index (χ0n) is 23.7. The first-order valence-corrected chi connectivity index (χ1v) is 14.0. The number of fused-ring (bicyclic) bond motifs is 1. The van der Waals surface area contributed by atoms with Crippen molar-refractivity contribution in [2.75, 3.05) is 6.54 Å². The number of para-hydroxylation sites is 1. The Morgan fingerprint density at radius 3 is 2.26 bits per heavy atom. The lowest BCUT2D eigenvalue weighted by molar-refractivity contribution is -0.142. The second-order valence-electron chi connectivity index (χ2n) is 10.3. The van der Waals surface area contributed by atoms with Gasteiger partial charge in [-0.05, 0) is 43.9 Å². The van der Waals surface area contributed by atoms with Crippen molar-refractivity contribution in [2.24, 2.45) is 17.2 Å². The number of rotatable bonds is 18. The summed E-state index contributed by atoms with van der Waals surface area (Å²) in [5, 5.41) is 18.2. The Hall–Kier alpha value is -4.76. The molecular weight excluding hydrogens is 558 g/mol. The normalized spacial score (nSPS) is 13.9. The number of carboxylic acids is 1. The molecule has 0 bridgehead atoms. The lowest BCUT2D eigenvalue weighted by Gasteiger charge is -2.25. The fourth-order valence-electron chi connectivity index (χ4n) is 4.58. The van der Waals surface area contributed by atoms with Gasteiger partial charge in [-0.2, -0.15) is 0 Å². The third kappa shape index (κ3) is 9.93. The Morgan fingerprint density at radius 1 is 0.884 bits per heavy atom. The van der Waals surface area contributed by atoms with Crippen LogP contribution in [0, 0.1) is 0 Å². The van der Waals surface area contributed by atoms with Gasteiger partial charge >= 0.3 is 5.97 Å². The molecule has 15 heteroatoms. The lowest BCUT2D eigenvalue weighted by Crippen LogP contribution is -2.57. The van der Waals surface area contributed by atoms with Gasteiger partial charge in [0.05, 0.1) is 12.4 Å². The predicted octanol–water partition coefficient (Wildman–Crippen LogP) is -1.06. The molecule has 3 aromatic rings. The Morgan fingerprint density at radius 2 is 1.58 bits per heavy atom. The molecule has 0 radical (unpaired) electrons. The van der Waals surface area contributed by atoms with E-state index in [0.717, 1.165) is 16.5 Å². The molecule has 4 amide bonds. The van der Waals surface area contributed by atoms with Crippen LogP contribution < -0.4 is 33.2 Å². The molecule has 0 aliphatic carbocycles.